The maximum atomic E-state index is 5.23. The van der Waals surface area contributed by atoms with Crippen LogP contribution in [-0.2, 0) is 13.0 Å². The Morgan fingerprint density at radius 3 is 2.94 bits per heavy atom. The van der Waals surface area contributed by atoms with Gasteiger partial charge in [-0.3, -0.25) is 4.90 Å². The SMILES string of the molecule is CCCCc1noc(CN(C)C2CNC2)n1. The zero-order valence-corrected chi connectivity index (χ0v) is 10.1. The summed E-state index contributed by atoms with van der Waals surface area (Å²) in [7, 11) is 2.10. The minimum absolute atomic E-state index is 0.617. The molecule has 90 valence electrons. The molecule has 0 amide bonds. The molecule has 16 heavy (non-hydrogen) atoms. The molecule has 2 heterocycles. The zero-order chi connectivity index (χ0) is 11.4. The topological polar surface area (TPSA) is 54.2 Å². The van der Waals surface area contributed by atoms with E-state index < -0.39 is 0 Å². The molecule has 0 saturated carbocycles. The van der Waals surface area contributed by atoms with Crippen molar-refractivity contribution in [3.8, 4) is 0 Å². The minimum atomic E-state index is 0.617. The predicted molar refractivity (Wildman–Crippen MR) is 61.0 cm³/mol. The molecule has 5 nitrogen and oxygen atoms in total. The molecule has 1 fully saturated rings. The molecule has 0 atom stereocenters. The second-order valence-corrected chi connectivity index (χ2v) is 4.44. The van der Waals surface area contributed by atoms with Gasteiger partial charge in [0, 0.05) is 25.6 Å². The molecule has 1 saturated heterocycles. The molecule has 1 aliphatic heterocycles. The van der Waals surface area contributed by atoms with E-state index in [0.717, 1.165) is 50.6 Å². The first kappa shape index (κ1) is 11.5. The zero-order valence-electron chi connectivity index (χ0n) is 10.1. The van der Waals surface area contributed by atoms with Crippen LogP contribution in [0.15, 0.2) is 4.52 Å². The molecule has 2 rings (SSSR count). The maximum Gasteiger partial charge on any atom is 0.240 e. The third-order valence-electron chi connectivity index (χ3n) is 3.03. The van der Waals surface area contributed by atoms with Crippen LogP contribution in [0.3, 0.4) is 0 Å². The number of unbranched alkanes of at least 4 members (excludes halogenated alkanes) is 1. The van der Waals surface area contributed by atoms with Crippen molar-refractivity contribution >= 4 is 0 Å². The monoisotopic (exact) mass is 224 g/mol. The summed E-state index contributed by atoms with van der Waals surface area (Å²) in [4.78, 5) is 6.65. The summed E-state index contributed by atoms with van der Waals surface area (Å²) in [5.41, 5.74) is 0. The van der Waals surface area contributed by atoms with Gasteiger partial charge in [-0.05, 0) is 13.5 Å². The van der Waals surface area contributed by atoms with Crippen LogP contribution >= 0.6 is 0 Å². The van der Waals surface area contributed by atoms with Crippen LogP contribution < -0.4 is 5.32 Å². The van der Waals surface area contributed by atoms with Gasteiger partial charge in [-0.25, -0.2) is 0 Å². The van der Waals surface area contributed by atoms with E-state index in [0.29, 0.717) is 6.04 Å². The molecular weight excluding hydrogens is 204 g/mol. The standard InChI is InChI=1S/C11H20N4O/c1-3-4-5-10-13-11(16-14-10)8-15(2)9-6-12-7-9/h9,12H,3-8H2,1-2H3. The lowest BCUT2D eigenvalue weighted by Gasteiger charge is -2.34. The first-order valence-electron chi connectivity index (χ1n) is 6.02. The Bertz CT molecular complexity index is 322. The second-order valence-electron chi connectivity index (χ2n) is 4.44. The Hall–Kier alpha value is -0.940. The van der Waals surface area contributed by atoms with E-state index in [1.165, 1.54) is 0 Å². The van der Waals surface area contributed by atoms with E-state index in [1.54, 1.807) is 0 Å². The Balaban J connectivity index is 1.81. The summed E-state index contributed by atoms with van der Waals surface area (Å²) in [6, 6.07) is 0.617. The average Bonchev–Trinajstić information content (AvgIpc) is 2.59. The minimum Gasteiger partial charge on any atom is -0.338 e. The fourth-order valence-corrected chi connectivity index (χ4v) is 1.72. The average molecular weight is 224 g/mol. The molecule has 1 aliphatic rings. The Morgan fingerprint density at radius 1 is 1.50 bits per heavy atom. The van der Waals surface area contributed by atoms with Gasteiger partial charge in [0.05, 0.1) is 6.54 Å². The van der Waals surface area contributed by atoms with Gasteiger partial charge < -0.3 is 9.84 Å². The molecule has 0 bridgehead atoms. The van der Waals surface area contributed by atoms with Crippen LogP contribution in [0.5, 0.6) is 0 Å². The molecule has 1 aromatic rings. The van der Waals surface area contributed by atoms with Gasteiger partial charge in [0.25, 0.3) is 0 Å². The van der Waals surface area contributed by atoms with Crippen LogP contribution in [-0.4, -0.2) is 41.2 Å². The summed E-state index contributed by atoms with van der Waals surface area (Å²) >= 11 is 0. The number of aromatic nitrogens is 2. The number of nitrogens with zero attached hydrogens (tertiary/aromatic N) is 3. The lowest BCUT2D eigenvalue weighted by molar-refractivity contribution is 0.155. The Morgan fingerprint density at radius 2 is 2.31 bits per heavy atom. The molecule has 1 aromatic heterocycles. The lowest BCUT2D eigenvalue weighted by atomic mass is 10.1. The Labute approximate surface area is 96.2 Å². The van der Waals surface area contributed by atoms with Crippen LogP contribution in [0.1, 0.15) is 31.5 Å². The summed E-state index contributed by atoms with van der Waals surface area (Å²) in [6.45, 7) is 5.05. The quantitative estimate of drug-likeness (QED) is 0.775. The number of nitrogens with one attached hydrogen (secondary N) is 1. The first-order chi connectivity index (χ1) is 7.79. The molecule has 1 N–H and O–H groups in total. The van der Waals surface area contributed by atoms with Crippen molar-refractivity contribution < 1.29 is 4.52 Å². The molecular formula is C11H20N4O. The first-order valence-corrected chi connectivity index (χ1v) is 6.02. The van der Waals surface area contributed by atoms with Crippen molar-refractivity contribution in [2.45, 2.75) is 38.8 Å². The van der Waals surface area contributed by atoms with E-state index in [-0.39, 0.29) is 0 Å². The van der Waals surface area contributed by atoms with Gasteiger partial charge in [-0.1, -0.05) is 18.5 Å². The van der Waals surface area contributed by atoms with Gasteiger partial charge in [0.1, 0.15) is 0 Å². The highest BCUT2D eigenvalue weighted by Crippen LogP contribution is 2.08. The van der Waals surface area contributed by atoms with Gasteiger partial charge in [-0.15, -0.1) is 0 Å². The summed E-state index contributed by atoms with van der Waals surface area (Å²) in [5, 5.41) is 7.23. The van der Waals surface area contributed by atoms with Crippen molar-refractivity contribution in [2.75, 3.05) is 20.1 Å². The number of hydrogen-bond donors (Lipinski definition) is 1. The molecule has 5 heteroatoms. The van der Waals surface area contributed by atoms with Crippen molar-refractivity contribution in [3.05, 3.63) is 11.7 Å². The van der Waals surface area contributed by atoms with Gasteiger partial charge >= 0.3 is 0 Å². The third-order valence-corrected chi connectivity index (χ3v) is 3.03. The van der Waals surface area contributed by atoms with Gasteiger partial charge in [-0.2, -0.15) is 4.98 Å². The van der Waals surface area contributed by atoms with Crippen LogP contribution in [0, 0.1) is 0 Å². The van der Waals surface area contributed by atoms with Crippen molar-refractivity contribution in [1.29, 1.82) is 0 Å². The van der Waals surface area contributed by atoms with E-state index in [2.05, 4.69) is 34.3 Å². The van der Waals surface area contributed by atoms with Crippen molar-refractivity contribution in [1.82, 2.24) is 20.4 Å². The molecule has 0 unspecified atom stereocenters. The van der Waals surface area contributed by atoms with Crippen LogP contribution in [0.25, 0.3) is 0 Å². The van der Waals surface area contributed by atoms with Crippen LogP contribution in [0.2, 0.25) is 0 Å². The summed E-state index contributed by atoms with van der Waals surface area (Å²) < 4.78 is 5.23. The van der Waals surface area contributed by atoms with Crippen molar-refractivity contribution in [2.24, 2.45) is 0 Å². The fourth-order valence-electron chi connectivity index (χ4n) is 1.72. The third kappa shape index (κ3) is 2.80. The summed E-state index contributed by atoms with van der Waals surface area (Å²) in [6.07, 6.45) is 3.22. The van der Waals surface area contributed by atoms with E-state index in [1.807, 2.05) is 0 Å². The van der Waals surface area contributed by atoms with Gasteiger partial charge in [0.15, 0.2) is 5.82 Å². The number of rotatable bonds is 6. The number of hydrogen-bond acceptors (Lipinski definition) is 5. The number of aryl methyl sites for hydroxylation is 1. The van der Waals surface area contributed by atoms with E-state index in [9.17, 15) is 0 Å². The maximum absolute atomic E-state index is 5.23. The highest BCUT2D eigenvalue weighted by molar-refractivity contribution is 4.89. The van der Waals surface area contributed by atoms with Gasteiger partial charge in [0.2, 0.25) is 5.89 Å². The molecule has 0 radical (unpaired) electrons. The lowest BCUT2D eigenvalue weighted by Crippen LogP contribution is -2.55. The number of likely N-dealkylation sites (N-methyl/N-ethyl adjacent to an activating group) is 1. The summed E-state index contributed by atoms with van der Waals surface area (Å²) in [5.74, 6) is 1.58. The Kier molecular flexibility index (Phi) is 3.90. The second kappa shape index (κ2) is 5.41. The van der Waals surface area contributed by atoms with E-state index in [4.69, 9.17) is 4.52 Å². The molecule has 0 spiro atoms. The van der Waals surface area contributed by atoms with E-state index >= 15 is 0 Å². The normalized spacial score (nSPS) is 16.7. The largest absolute Gasteiger partial charge is 0.338 e. The van der Waals surface area contributed by atoms with Crippen molar-refractivity contribution in [3.63, 3.8) is 0 Å². The van der Waals surface area contributed by atoms with Crippen LogP contribution in [0.4, 0.5) is 0 Å². The highest BCUT2D eigenvalue weighted by atomic mass is 16.5. The molecule has 0 aromatic carbocycles. The molecule has 0 aliphatic carbocycles. The fraction of sp³-hybridized carbons (Fsp3) is 0.818. The smallest absolute Gasteiger partial charge is 0.240 e. The highest BCUT2D eigenvalue weighted by Gasteiger charge is 2.22. The predicted octanol–water partition coefficient (Wildman–Crippen LogP) is 0.816.